The summed E-state index contributed by atoms with van der Waals surface area (Å²) in [4.78, 5) is 3.02. The Bertz CT molecular complexity index is 75.8. The van der Waals surface area contributed by atoms with Crippen LogP contribution in [0.25, 0.3) is 4.85 Å². The maximum Gasteiger partial charge on any atom is 0.390 e. The van der Waals surface area contributed by atoms with E-state index in [0.29, 0.717) is 0 Å². The van der Waals surface area contributed by atoms with E-state index in [-0.39, 0.29) is 0 Å². The molecule has 0 aliphatic heterocycles. The fourth-order valence-corrected chi connectivity index (χ4v) is 0. The SMILES string of the molecule is [C-]#[N+]C(Br)(Br)Br. The maximum absolute atomic E-state index is 6.34. The standard InChI is InChI=1S/C2Br3N/c1-6-2(3,4)5. The Morgan fingerprint density at radius 3 is 1.50 bits per heavy atom. The van der Waals surface area contributed by atoms with Crippen LogP contribution < -0.4 is 0 Å². The highest BCUT2D eigenvalue weighted by molar-refractivity contribution is 9.39. The van der Waals surface area contributed by atoms with Crippen molar-refractivity contribution in [1.82, 2.24) is 0 Å². The van der Waals surface area contributed by atoms with Gasteiger partial charge in [0, 0.05) is 47.8 Å². The summed E-state index contributed by atoms with van der Waals surface area (Å²) in [6.45, 7) is 6.34. The van der Waals surface area contributed by atoms with Crippen molar-refractivity contribution >= 4 is 47.8 Å². The van der Waals surface area contributed by atoms with Gasteiger partial charge in [0.15, 0.2) is 0 Å². The number of hydrogen-bond acceptors (Lipinski definition) is 0. The summed E-state index contributed by atoms with van der Waals surface area (Å²) in [6.07, 6.45) is 0. The van der Waals surface area contributed by atoms with Crippen LogP contribution in [-0.2, 0) is 0 Å². The van der Waals surface area contributed by atoms with Crippen molar-refractivity contribution in [2.45, 2.75) is 2.27 Å². The first-order valence-electron chi connectivity index (χ1n) is 1.01. The molecule has 0 saturated carbocycles. The summed E-state index contributed by atoms with van der Waals surface area (Å²) >= 11 is 8.87. The number of hydrogen-bond donors (Lipinski definition) is 0. The summed E-state index contributed by atoms with van der Waals surface area (Å²) in [6, 6.07) is 0. The third-order valence-corrected chi connectivity index (χ3v) is 0.659. The highest BCUT2D eigenvalue weighted by Gasteiger charge is 2.20. The Kier molecular flexibility index (Phi) is 2.65. The van der Waals surface area contributed by atoms with Crippen LogP contribution in [0.3, 0.4) is 0 Å². The van der Waals surface area contributed by atoms with Crippen molar-refractivity contribution in [3.8, 4) is 0 Å². The van der Waals surface area contributed by atoms with E-state index in [0.717, 1.165) is 0 Å². The van der Waals surface area contributed by atoms with Crippen LogP contribution in [0, 0.1) is 6.57 Å². The highest BCUT2D eigenvalue weighted by atomic mass is 80.0. The molecule has 0 saturated heterocycles. The largest absolute Gasteiger partial charge is 0.390 e. The summed E-state index contributed by atoms with van der Waals surface area (Å²) in [5, 5.41) is 0. The van der Waals surface area contributed by atoms with Crippen LogP contribution in [0.2, 0.25) is 0 Å². The minimum absolute atomic E-state index is 0.729. The van der Waals surface area contributed by atoms with Gasteiger partial charge in [-0.1, -0.05) is 0 Å². The van der Waals surface area contributed by atoms with Crippen LogP contribution in [-0.4, -0.2) is 2.27 Å². The fraction of sp³-hybridized carbons (Fsp3) is 0.500. The van der Waals surface area contributed by atoms with Gasteiger partial charge in [0.05, 0.1) is 0 Å². The molecule has 6 heavy (non-hydrogen) atoms. The summed E-state index contributed by atoms with van der Waals surface area (Å²) in [7, 11) is 0. The molecule has 0 bridgehead atoms. The molecule has 0 atom stereocenters. The van der Waals surface area contributed by atoms with Crippen molar-refractivity contribution in [2.24, 2.45) is 0 Å². The molecule has 0 fully saturated rings. The maximum atomic E-state index is 6.34. The van der Waals surface area contributed by atoms with Crippen LogP contribution in [0.4, 0.5) is 0 Å². The van der Waals surface area contributed by atoms with E-state index in [1.165, 1.54) is 0 Å². The van der Waals surface area contributed by atoms with E-state index in [1.807, 2.05) is 0 Å². The monoisotopic (exact) mass is 275 g/mol. The van der Waals surface area contributed by atoms with Crippen molar-refractivity contribution in [3.05, 3.63) is 11.4 Å². The van der Waals surface area contributed by atoms with Crippen molar-refractivity contribution in [3.63, 3.8) is 0 Å². The van der Waals surface area contributed by atoms with Gasteiger partial charge in [-0.05, 0) is 0 Å². The molecule has 0 aliphatic carbocycles. The second-order valence-electron chi connectivity index (χ2n) is 0.580. The fourth-order valence-electron chi connectivity index (χ4n) is 0. The second kappa shape index (κ2) is 2.29. The second-order valence-corrected chi connectivity index (χ2v) is 7.21. The third kappa shape index (κ3) is 4.93. The summed E-state index contributed by atoms with van der Waals surface area (Å²) in [5.74, 6) is 0. The number of rotatable bonds is 0. The minimum atomic E-state index is -0.729. The van der Waals surface area contributed by atoms with Gasteiger partial charge in [-0.15, -0.1) is 0 Å². The molecule has 0 amide bonds. The molecule has 0 N–H and O–H groups in total. The number of halogens is 3. The Balaban J connectivity index is 3.55. The van der Waals surface area contributed by atoms with Gasteiger partial charge >= 0.3 is 2.27 Å². The van der Waals surface area contributed by atoms with Crippen LogP contribution in [0.1, 0.15) is 0 Å². The molecule has 0 aliphatic rings. The van der Waals surface area contributed by atoms with E-state index in [4.69, 9.17) is 6.57 Å². The lowest BCUT2D eigenvalue weighted by molar-refractivity contribution is 1.65. The molecule has 0 unspecified atom stereocenters. The molecule has 0 heterocycles. The minimum Gasteiger partial charge on any atom is -0.275 e. The predicted octanol–water partition coefficient (Wildman–Crippen LogP) is 2.70. The van der Waals surface area contributed by atoms with Gasteiger partial charge in [-0.25, -0.2) is 6.57 Å². The average Bonchev–Trinajstić information content (AvgIpc) is 1.35. The summed E-state index contributed by atoms with van der Waals surface area (Å²) < 4.78 is -0.729. The Morgan fingerprint density at radius 2 is 1.50 bits per heavy atom. The molecule has 0 spiro atoms. The quantitative estimate of drug-likeness (QED) is 0.364. The molecule has 1 nitrogen and oxygen atoms in total. The van der Waals surface area contributed by atoms with Gasteiger partial charge in [0.1, 0.15) is 0 Å². The zero-order valence-corrected chi connectivity index (χ0v) is 7.34. The van der Waals surface area contributed by atoms with E-state index in [2.05, 4.69) is 52.6 Å². The van der Waals surface area contributed by atoms with E-state index >= 15 is 0 Å². The van der Waals surface area contributed by atoms with Crippen LogP contribution in [0.15, 0.2) is 0 Å². The lowest BCUT2D eigenvalue weighted by Crippen LogP contribution is -1.84. The number of alkyl halides is 3. The molecular formula is C2Br3N. The summed E-state index contributed by atoms with van der Waals surface area (Å²) in [5.41, 5.74) is 0. The highest BCUT2D eigenvalue weighted by Crippen LogP contribution is 2.34. The Morgan fingerprint density at radius 1 is 1.33 bits per heavy atom. The van der Waals surface area contributed by atoms with Gasteiger partial charge in [-0.2, -0.15) is 0 Å². The van der Waals surface area contributed by atoms with Gasteiger partial charge in [-0.3, -0.25) is 4.85 Å². The molecule has 0 aromatic carbocycles. The van der Waals surface area contributed by atoms with E-state index in [9.17, 15) is 0 Å². The average molecular weight is 278 g/mol. The molecule has 0 aromatic heterocycles. The van der Waals surface area contributed by atoms with Crippen molar-refractivity contribution < 1.29 is 0 Å². The van der Waals surface area contributed by atoms with Crippen molar-refractivity contribution in [1.29, 1.82) is 0 Å². The smallest absolute Gasteiger partial charge is 0.275 e. The van der Waals surface area contributed by atoms with Gasteiger partial charge in [0.25, 0.3) is 0 Å². The lowest BCUT2D eigenvalue weighted by Gasteiger charge is -1.88. The van der Waals surface area contributed by atoms with Crippen LogP contribution >= 0.6 is 47.8 Å². The Labute approximate surface area is 61.3 Å². The normalized spacial score (nSPS) is 10.3. The van der Waals surface area contributed by atoms with E-state index < -0.39 is 2.27 Å². The molecule has 0 rings (SSSR count). The Hall–Kier alpha value is 0.930. The zero-order valence-electron chi connectivity index (χ0n) is 2.58. The third-order valence-electron chi connectivity index (χ3n) is 0.127. The molecule has 34 valence electrons. The number of nitrogens with zero attached hydrogens (tertiary/aromatic N) is 1. The topological polar surface area (TPSA) is 4.36 Å². The van der Waals surface area contributed by atoms with E-state index in [1.54, 1.807) is 0 Å². The first-order chi connectivity index (χ1) is 2.56. The molecular weight excluding hydrogens is 278 g/mol. The molecule has 0 radical (unpaired) electrons. The van der Waals surface area contributed by atoms with Crippen LogP contribution in [0.5, 0.6) is 0 Å². The first-order valence-corrected chi connectivity index (χ1v) is 3.39. The first kappa shape index (κ1) is 6.93. The lowest BCUT2D eigenvalue weighted by atomic mass is 11.5. The molecule has 0 aromatic rings. The van der Waals surface area contributed by atoms with Gasteiger partial charge in [0.2, 0.25) is 0 Å². The predicted molar refractivity (Wildman–Crippen MR) is 36.1 cm³/mol. The van der Waals surface area contributed by atoms with Crippen molar-refractivity contribution in [2.75, 3.05) is 0 Å². The zero-order chi connectivity index (χ0) is 5.21. The molecule has 4 heteroatoms. The van der Waals surface area contributed by atoms with Gasteiger partial charge < -0.3 is 0 Å².